The zero-order chi connectivity index (χ0) is 17.1. The number of rotatable bonds is 6. The van der Waals surface area contributed by atoms with Crippen molar-refractivity contribution in [2.24, 2.45) is 11.8 Å². The van der Waals surface area contributed by atoms with Crippen LogP contribution in [0.2, 0.25) is 0 Å². The molecular formula is C19H27FN2O2. The number of amides is 1. The molecule has 1 saturated carbocycles. The molecule has 1 heterocycles. The summed E-state index contributed by atoms with van der Waals surface area (Å²) in [4.78, 5) is 14.9. The fourth-order valence-electron chi connectivity index (χ4n) is 3.59. The first kappa shape index (κ1) is 17.4. The van der Waals surface area contributed by atoms with Crippen LogP contribution in [0, 0.1) is 17.7 Å². The van der Waals surface area contributed by atoms with E-state index in [1.54, 1.807) is 12.1 Å². The number of hydrogen-bond donors (Lipinski definition) is 1. The van der Waals surface area contributed by atoms with Crippen LogP contribution < -0.4 is 5.32 Å². The summed E-state index contributed by atoms with van der Waals surface area (Å²) in [6, 6.07) is 6.86. The van der Waals surface area contributed by atoms with Crippen LogP contribution in [0.5, 0.6) is 0 Å². The lowest BCUT2D eigenvalue weighted by atomic mass is 10.0. The molecule has 0 aromatic heterocycles. The quantitative estimate of drug-likeness (QED) is 0.869. The summed E-state index contributed by atoms with van der Waals surface area (Å²) >= 11 is 0. The molecule has 0 radical (unpaired) electrons. The number of halogens is 1. The van der Waals surface area contributed by atoms with Gasteiger partial charge in [-0.2, -0.15) is 0 Å². The topological polar surface area (TPSA) is 41.6 Å². The maximum Gasteiger partial charge on any atom is 0.223 e. The van der Waals surface area contributed by atoms with Gasteiger partial charge in [0, 0.05) is 31.6 Å². The Bertz CT molecular complexity index is 555. The zero-order valence-electron chi connectivity index (χ0n) is 14.5. The third kappa shape index (κ3) is 4.14. The molecule has 3 atom stereocenters. The lowest BCUT2D eigenvalue weighted by Gasteiger charge is -2.37. The second kappa shape index (κ2) is 7.62. The van der Waals surface area contributed by atoms with E-state index in [-0.39, 0.29) is 23.6 Å². The van der Waals surface area contributed by atoms with Gasteiger partial charge in [0.1, 0.15) is 5.82 Å². The fourth-order valence-corrected chi connectivity index (χ4v) is 3.59. The molecule has 1 aromatic rings. The van der Waals surface area contributed by atoms with Crippen molar-refractivity contribution >= 4 is 5.91 Å². The standard InChI is InChI=1S/C19H27FN2O2/c1-13(2)18(22-7-9-24-10-8-22)12-21-19(23)17-11-16(17)14-3-5-15(20)6-4-14/h3-6,13,16-18H,7-12H2,1-2H3,(H,21,23). The molecule has 24 heavy (non-hydrogen) atoms. The molecule has 0 bridgehead atoms. The molecule has 3 unspecified atom stereocenters. The molecule has 1 aliphatic heterocycles. The van der Waals surface area contributed by atoms with Crippen LogP contribution in [0.1, 0.15) is 31.7 Å². The van der Waals surface area contributed by atoms with E-state index in [0.717, 1.165) is 38.3 Å². The minimum Gasteiger partial charge on any atom is -0.379 e. The van der Waals surface area contributed by atoms with Gasteiger partial charge in [-0.05, 0) is 36.0 Å². The largest absolute Gasteiger partial charge is 0.379 e. The third-order valence-corrected chi connectivity index (χ3v) is 5.20. The second-order valence-electron chi connectivity index (χ2n) is 7.21. The maximum absolute atomic E-state index is 13.0. The van der Waals surface area contributed by atoms with Gasteiger partial charge in [0.25, 0.3) is 0 Å². The molecule has 3 rings (SSSR count). The van der Waals surface area contributed by atoms with Crippen molar-refractivity contribution in [1.82, 2.24) is 10.2 Å². The average molecular weight is 334 g/mol. The number of carbonyl (C=O) groups is 1. The van der Waals surface area contributed by atoms with Gasteiger partial charge in [-0.25, -0.2) is 4.39 Å². The Hall–Kier alpha value is -1.46. The minimum atomic E-state index is -0.231. The minimum absolute atomic E-state index is 0.0352. The molecule has 1 aliphatic carbocycles. The molecular weight excluding hydrogens is 307 g/mol. The van der Waals surface area contributed by atoms with Gasteiger partial charge in [-0.1, -0.05) is 26.0 Å². The summed E-state index contributed by atoms with van der Waals surface area (Å²) in [5.74, 6) is 0.656. The SMILES string of the molecule is CC(C)C(CNC(=O)C1CC1c1ccc(F)cc1)N1CCOCC1. The van der Waals surface area contributed by atoms with Crippen LogP contribution in [-0.4, -0.2) is 49.7 Å². The smallest absolute Gasteiger partial charge is 0.223 e. The van der Waals surface area contributed by atoms with Gasteiger partial charge in [-0.3, -0.25) is 9.69 Å². The lowest BCUT2D eigenvalue weighted by molar-refractivity contribution is -0.122. The van der Waals surface area contributed by atoms with Gasteiger partial charge >= 0.3 is 0 Å². The molecule has 4 nitrogen and oxygen atoms in total. The Kier molecular flexibility index (Phi) is 5.51. The lowest BCUT2D eigenvalue weighted by Crippen LogP contribution is -2.51. The first-order valence-electron chi connectivity index (χ1n) is 8.91. The Morgan fingerprint density at radius 3 is 2.58 bits per heavy atom. The van der Waals surface area contributed by atoms with Crippen LogP contribution in [0.15, 0.2) is 24.3 Å². The zero-order valence-corrected chi connectivity index (χ0v) is 14.5. The van der Waals surface area contributed by atoms with Crippen LogP contribution in [-0.2, 0) is 9.53 Å². The van der Waals surface area contributed by atoms with Gasteiger partial charge in [0.15, 0.2) is 0 Å². The van der Waals surface area contributed by atoms with Crippen molar-refractivity contribution in [3.05, 3.63) is 35.6 Å². The number of benzene rings is 1. The monoisotopic (exact) mass is 334 g/mol. The van der Waals surface area contributed by atoms with Crippen LogP contribution in [0.25, 0.3) is 0 Å². The summed E-state index contributed by atoms with van der Waals surface area (Å²) in [6.45, 7) is 8.48. The van der Waals surface area contributed by atoms with Gasteiger partial charge in [0.05, 0.1) is 13.2 Å². The van der Waals surface area contributed by atoms with Crippen molar-refractivity contribution in [2.45, 2.75) is 32.2 Å². The van der Waals surface area contributed by atoms with Crippen molar-refractivity contribution in [3.63, 3.8) is 0 Å². The molecule has 132 valence electrons. The summed E-state index contributed by atoms with van der Waals surface area (Å²) in [7, 11) is 0. The first-order chi connectivity index (χ1) is 11.6. The third-order valence-electron chi connectivity index (χ3n) is 5.20. The molecule has 1 N–H and O–H groups in total. The number of nitrogens with one attached hydrogen (secondary N) is 1. The molecule has 2 fully saturated rings. The Balaban J connectivity index is 1.50. The molecule has 1 amide bonds. The molecule has 1 aromatic carbocycles. The Labute approximate surface area is 143 Å². The fraction of sp³-hybridized carbons (Fsp3) is 0.632. The number of morpholine rings is 1. The van der Waals surface area contributed by atoms with E-state index in [1.165, 1.54) is 12.1 Å². The number of hydrogen-bond acceptors (Lipinski definition) is 3. The summed E-state index contributed by atoms with van der Waals surface area (Å²) < 4.78 is 18.4. The van der Waals surface area contributed by atoms with E-state index in [0.29, 0.717) is 18.5 Å². The van der Waals surface area contributed by atoms with Crippen molar-refractivity contribution < 1.29 is 13.9 Å². The number of nitrogens with zero attached hydrogens (tertiary/aromatic N) is 1. The van der Waals surface area contributed by atoms with E-state index < -0.39 is 0 Å². The van der Waals surface area contributed by atoms with Crippen LogP contribution >= 0.6 is 0 Å². The first-order valence-corrected chi connectivity index (χ1v) is 8.91. The predicted octanol–water partition coefficient (Wildman–Crippen LogP) is 2.40. The van der Waals surface area contributed by atoms with E-state index in [1.807, 2.05) is 0 Å². The van der Waals surface area contributed by atoms with E-state index >= 15 is 0 Å². The summed E-state index contributed by atoms with van der Waals surface area (Å²) in [5, 5.41) is 3.14. The average Bonchev–Trinajstić information content (AvgIpc) is 3.37. The molecule has 5 heteroatoms. The highest BCUT2D eigenvalue weighted by atomic mass is 19.1. The maximum atomic E-state index is 13.0. The van der Waals surface area contributed by atoms with Gasteiger partial charge in [-0.15, -0.1) is 0 Å². The highest BCUT2D eigenvalue weighted by molar-refractivity contribution is 5.82. The van der Waals surface area contributed by atoms with Crippen LogP contribution in [0.4, 0.5) is 4.39 Å². The highest BCUT2D eigenvalue weighted by Crippen LogP contribution is 2.47. The van der Waals surface area contributed by atoms with Crippen molar-refractivity contribution in [1.29, 1.82) is 0 Å². The molecule has 0 spiro atoms. The molecule has 2 aliphatic rings. The normalized spacial score (nSPS) is 25.5. The summed E-state index contributed by atoms with van der Waals surface area (Å²) in [5.41, 5.74) is 1.06. The number of ether oxygens (including phenoxy) is 1. The van der Waals surface area contributed by atoms with Crippen LogP contribution in [0.3, 0.4) is 0 Å². The Morgan fingerprint density at radius 2 is 1.96 bits per heavy atom. The van der Waals surface area contributed by atoms with E-state index in [2.05, 4.69) is 24.1 Å². The van der Waals surface area contributed by atoms with E-state index in [9.17, 15) is 9.18 Å². The second-order valence-corrected chi connectivity index (χ2v) is 7.21. The van der Waals surface area contributed by atoms with E-state index in [4.69, 9.17) is 4.74 Å². The summed E-state index contributed by atoms with van der Waals surface area (Å²) in [6.07, 6.45) is 0.862. The highest BCUT2D eigenvalue weighted by Gasteiger charge is 2.44. The van der Waals surface area contributed by atoms with Gasteiger partial charge < -0.3 is 10.1 Å². The van der Waals surface area contributed by atoms with Crippen molar-refractivity contribution in [2.75, 3.05) is 32.8 Å². The van der Waals surface area contributed by atoms with Crippen molar-refractivity contribution in [3.8, 4) is 0 Å². The predicted molar refractivity (Wildman–Crippen MR) is 91.3 cm³/mol. The number of carbonyl (C=O) groups excluding carboxylic acids is 1. The molecule has 1 saturated heterocycles. The van der Waals surface area contributed by atoms with Gasteiger partial charge in [0.2, 0.25) is 5.91 Å². The Morgan fingerprint density at radius 1 is 1.29 bits per heavy atom.